The van der Waals surface area contributed by atoms with E-state index in [1.165, 1.54) is 4.90 Å². The number of aliphatic hydroxyl groups is 2. The third kappa shape index (κ3) is 9.48. The number of nitrogens with one attached hydrogen (secondary N) is 2. The third-order valence-electron chi connectivity index (χ3n) is 4.87. The Balaban J connectivity index is 3.06. The zero-order chi connectivity index (χ0) is 22.5. The molecule has 0 unspecified atom stereocenters. The fourth-order valence-corrected chi connectivity index (χ4v) is 3.74. The zero-order valence-corrected chi connectivity index (χ0v) is 17.0. The van der Waals surface area contributed by atoms with Crippen LogP contribution in [0.4, 0.5) is 0 Å². The molecule has 1 saturated carbocycles. The fraction of sp³-hybridized carbons (Fsp3) is 0.778. The monoisotopic (exact) mass is 432 g/mol. The van der Waals surface area contributed by atoms with E-state index in [-0.39, 0.29) is 39.4 Å². The highest BCUT2D eigenvalue weighted by Crippen LogP contribution is 2.27. The number of carboxylic acids is 2. The van der Waals surface area contributed by atoms with Gasteiger partial charge in [-0.25, -0.2) is 0 Å². The van der Waals surface area contributed by atoms with E-state index < -0.39 is 48.9 Å². The Bertz CT molecular complexity index is 551. The largest absolute Gasteiger partial charge is 0.480 e. The highest BCUT2D eigenvalue weighted by atomic mass is 16.4. The number of hydrogen-bond donors (Lipinski definition) is 6. The second-order valence-electron chi connectivity index (χ2n) is 7.16. The molecule has 0 spiro atoms. The predicted octanol–water partition coefficient (Wildman–Crippen LogP) is -2.71. The van der Waals surface area contributed by atoms with Gasteiger partial charge in [0.25, 0.3) is 0 Å². The Morgan fingerprint density at radius 2 is 1.07 bits per heavy atom. The van der Waals surface area contributed by atoms with Crippen molar-refractivity contribution >= 4 is 23.8 Å². The molecule has 6 N–H and O–H groups in total. The van der Waals surface area contributed by atoms with E-state index in [1.807, 2.05) is 0 Å². The summed E-state index contributed by atoms with van der Waals surface area (Å²) in [5.74, 6) is -3.14. The first kappa shape index (κ1) is 25.8. The van der Waals surface area contributed by atoms with E-state index in [0.29, 0.717) is 12.8 Å². The molecule has 2 amide bonds. The number of carbonyl (C=O) groups excluding carboxylic acids is 2. The van der Waals surface area contributed by atoms with Gasteiger partial charge >= 0.3 is 11.9 Å². The third-order valence-corrected chi connectivity index (χ3v) is 4.87. The lowest BCUT2D eigenvalue weighted by atomic mass is 9.87. The predicted molar refractivity (Wildman–Crippen MR) is 105 cm³/mol. The van der Waals surface area contributed by atoms with Crippen molar-refractivity contribution in [3.63, 3.8) is 0 Å². The zero-order valence-electron chi connectivity index (χ0n) is 17.0. The Labute approximate surface area is 174 Å². The minimum atomic E-state index is -1.16. The molecule has 172 valence electrons. The highest BCUT2D eigenvalue weighted by Gasteiger charge is 2.37. The molecule has 12 heteroatoms. The van der Waals surface area contributed by atoms with Gasteiger partial charge < -0.3 is 31.1 Å². The number of aliphatic hydroxyl groups excluding tert-OH is 2. The summed E-state index contributed by atoms with van der Waals surface area (Å²) in [6, 6.07) is -0.862. The van der Waals surface area contributed by atoms with Crippen molar-refractivity contribution in [2.24, 2.45) is 0 Å². The molecule has 1 rings (SSSR count). The summed E-state index contributed by atoms with van der Waals surface area (Å²) in [5, 5.41) is 41.3. The van der Waals surface area contributed by atoms with E-state index in [9.17, 15) is 29.4 Å². The first-order chi connectivity index (χ1) is 14.3. The summed E-state index contributed by atoms with van der Waals surface area (Å²) in [6.07, 6.45) is 2.68. The van der Waals surface area contributed by atoms with Crippen molar-refractivity contribution in [1.82, 2.24) is 20.4 Å². The van der Waals surface area contributed by atoms with Crippen molar-refractivity contribution in [2.45, 2.75) is 37.8 Å². The number of carbonyl (C=O) groups is 4. The lowest BCUT2D eigenvalue weighted by Gasteiger charge is -2.43. The molecule has 0 heterocycles. The van der Waals surface area contributed by atoms with E-state index >= 15 is 0 Å². The van der Waals surface area contributed by atoms with Crippen LogP contribution in [-0.4, -0.2) is 119 Å². The van der Waals surface area contributed by atoms with E-state index in [0.717, 1.165) is 12.8 Å². The number of carboxylic acid groups (broad SMARTS) is 2. The molecule has 0 aromatic heterocycles. The Kier molecular flexibility index (Phi) is 11.9. The summed E-state index contributed by atoms with van der Waals surface area (Å²) >= 11 is 0. The van der Waals surface area contributed by atoms with Crippen molar-refractivity contribution in [1.29, 1.82) is 0 Å². The Hall–Kier alpha value is -2.28. The second kappa shape index (κ2) is 13.9. The summed E-state index contributed by atoms with van der Waals surface area (Å²) < 4.78 is 0. The van der Waals surface area contributed by atoms with Crippen LogP contribution < -0.4 is 10.6 Å². The van der Waals surface area contributed by atoms with Crippen LogP contribution in [0.25, 0.3) is 0 Å². The Morgan fingerprint density at radius 3 is 1.40 bits per heavy atom. The van der Waals surface area contributed by atoms with Crippen molar-refractivity contribution in [2.75, 3.05) is 52.5 Å². The summed E-state index contributed by atoms with van der Waals surface area (Å²) in [5.41, 5.74) is 0. The van der Waals surface area contributed by atoms with Gasteiger partial charge in [-0.3, -0.25) is 29.0 Å². The van der Waals surface area contributed by atoms with Gasteiger partial charge in [-0.05, 0) is 12.8 Å². The van der Waals surface area contributed by atoms with Crippen LogP contribution in [0.15, 0.2) is 0 Å². The maximum atomic E-state index is 12.2. The van der Waals surface area contributed by atoms with Crippen LogP contribution in [0.5, 0.6) is 0 Å². The molecule has 0 radical (unpaired) electrons. The molecule has 12 nitrogen and oxygen atoms in total. The minimum absolute atomic E-state index is 0.0572. The van der Waals surface area contributed by atoms with Crippen molar-refractivity contribution in [3.05, 3.63) is 0 Å². The molecule has 1 fully saturated rings. The number of hydrogen-bond acceptors (Lipinski definition) is 8. The molecule has 0 bridgehead atoms. The number of aliphatic carboxylic acids is 2. The molecule has 0 aromatic carbocycles. The van der Waals surface area contributed by atoms with Gasteiger partial charge in [0.2, 0.25) is 11.8 Å². The molecule has 2 atom stereocenters. The van der Waals surface area contributed by atoms with Crippen LogP contribution in [0.2, 0.25) is 0 Å². The molecule has 30 heavy (non-hydrogen) atoms. The van der Waals surface area contributed by atoms with Crippen LogP contribution in [0, 0.1) is 0 Å². The molecular weight excluding hydrogens is 400 g/mol. The Morgan fingerprint density at radius 1 is 0.700 bits per heavy atom. The minimum Gasteiger partial charge on any atom is -0.480 e. The number of rotatable bonds is 14. The lowest BCUT2D eigenvalue weighted by Crippen LogP contribution is -2.58. The number of amides is 2. The SMILES string of the molecule is O=C(O)CN(CC(=O)O)[C@@H]1CCCC[C@H]1N(CC(=O)NCCO)CC(=O)NCCO. The van der Waals surface area contributed by atoms with Crippen molar-refractivity contribution < 1.29 is 39.6 Å². The molecule has 1 aliphatic rings. The van der Waals surface area contributed by atoms with E-state index in [4.69, 9.17) is 10.2 Å². The first-order valence-corrected chi connectivity index (χ1v) is 9.95. The second-order valence-corrected chi connectivity index (χ2v) is 7.16. The van der Waals surface area contributed by atoms with Crippen LogP contribution >= 0.6 is 0 Å². The quantitative estimate of drug-likeness (QED) is 0.169. The average Bonchev–Trinajstić information content (AvgIpc) is 2.69. The highest BCUT2D eigenvalue weighted by molar-refractivity contribution is 5.81. The average molecular weight is 432 g/mol. The first-order valence-electron chi connectivity index (χ1n) is 9.95. The standard InChI is InChI=1S/C18H32N4O8/c23-7-5-19-15(25)9-21(10-16(26)20-6-8-24)13-3-1-2-4-14(13)22(11-17(27)28)12-18(29)30/h13-14,23-24H,1-12H2,(H,19,25)(H,20,26)(H,27,28)(H,29,30)/t13-,14-/m1/s1. The maximum Gasteiger partial charge on any atom is 0.317 e. The van der Waals surface area contributed by atoms with Gasteiger partial charge in [-0.1, -0.05) is 12.8 Å². The molecule has 1 aliphatic carbocycles. The van der Waals surface area contributed by atoms with Gasteiger partial charge in [0, 0.05) is 25.2 Å². The normalized spacial score (nSPS) is 18.9. The van der Waals surface area contributed by atoms with Gasteiger partial charge in [0.05, 0.1) is 39.4 Å². The maximum absolute atomic E-state index is 12.2. The van der Waals surface area contributed by atoms with Gasteiger partial charge in [0.1, 0.15) is 0 Å². The van der Waals surface area contributed by atoms with Gasteiger partial charge in [0.15, 0.2) is 0 Å². The van der Waals surface area contributed by atoms with Gasteiger partial charge in [-0.15, -0.1) is 0 Å². The van der Waals surface area contributed by atoms with Crippen LogP contribution in [0.1, 0.15) is 25.7 Å². The van der Waals surface area contributed by atoms with Crippen molar-refractivity contribution in [3.8, 4) is 0 Å². The fourth-order valence-electron chi connectivity index (χ4n) is 3.74. The summed E-state index contributed by atoms with van der Waals surface area (Å²) in [7, 11) is 0. The molecule has 0 saturated heterocycles. The van der Waals surface area contributed by atoms with Crippen LogP contribution in [0.3, 0.4) is 0 Å². The number of nitrogens with zero attached hydrogens (tertiary/aromatic N) is 2. The topological polar surface area (TPSA) is 180 Å². The summed E-state index contributed by atoms with van der Waals surface area (Å²) in [6.45, 7) is -1.62. The molecule has 0 aliphatic heterocycles. The smallest absolute Gasteiger partial charge is 0.317 e. The van der Waals surface area contributed by atoms with Gasteiger partial charge in [-0.2, -0.15) is 0 Å². The van der Waals surface area contributed by atoms with E-state index in [1.54, 1.807) is 4.90 Å². The van der Waals surface area contributed by atoms with Crippen LogP contribution in [-0.2, 0) is 19.2 Å². The summed E-state index contributed by atoms with van der Waals surface area (Å²) in [4.78, 5) is 50.0. The molecule has 0 aromatic rings. The molecular formula is C18H32N4O8. The lowest BCUT2D eigenvalue weighted by molar-refractivity contribution is -0.145. The van der Waals surface area contributed by atoms with E-state index in [2.05, 4.69) is 10.6 Å².